The first kappa shape index (κ1) is 20.2. The van der Waals surface area contributed by atoms with Crippen LogP contribution in [0.15, 0.2) is 58.0 Å². The Morgan fingerprint density at radius 1 is 1.00 bits per heavy atom. The predicted molar refractivity (Wildman–Crippen MR) is 115 cm³/mol. The SMILES string of the molecule is CNS(=O)(=O)c1ccccc1Nc1nc(Nc2ccc(C)c(C)c2)ncc1Br. The van der Waals surface area contributed by atoms with Gasteiger partial charge in [-0.05, 0) is 72.2 Å². The predicted octanol–water partition coefficient (Wildman–Crippen LogP) is 4.25. The Labute approximate surface area is 172 Å². The van der Waals surface area contributed by atoms with Crippen molar-refractivity contribution < 1.29 is 8.42 Å². The first-order chi connectivity index (χ1) is 13.3. The molecule has 146 valence electrons. The molecular formula is C19H20BrN5O2S. The molecule has 0 aliphatic rings. The molecule has 0 saturated heterocycles. The lowest BCUT2D eigenvalue weighted by Crippen LogP contribution is -2.19. The average molecular weight is 462 g/mol. The van der Waals surface area contributed by atoms with Gasteiger partial charge in [0.05, 0.1) is 10.2 Å². The maximum atomic E-state index is 12.3. The van der Waals surface area contributed by atoms with Crippen LogP contribution in [0.5, 0.6) is 0 Å². The van der Waals surface area contributed by atoms with E-state index >= 15 is 0 Å². The van der Waals surface area contributed by atoms with Crippen molar-refractivity contribution in [2.24, 2.45) is 0 Å². The van der Waals surface area contributed by atoms with Gasteiger partial charge in [-0.25, -0.2) is 18.1 Å². The van der Waals surface area contributed by atoms with Gasteiger partial charge in [-0.2, -0.15) is 4.98 Å². The van der Waals surface area contributed by atoms with Crippen molar-refractivity contribution in [2.45, 2.75) is 18.7 Å². The van der Waals surface area contributed by atoms with Gasteiger partial charge in [0.2, 0.25) is 16.0 Å². The number of aromatic nitrogens is 2. The summed E-state index contributed by atoms with van der Waals surface area (Å²) < 4.78 is 27.4. The van der Waals surface area contributed by atoms with Crippen LogP contribution in [0.1, 0.15) is 11.1 Å². The third-order valence-electron chi connectivity index (χ3n) is 4.21. The van der Waals surface area contributed by atoms with E-state index in [1.54, 1.807) is 24.4 Å². The molecule has 0 aliphatic carbocycles. The van der Waals surface area contributed by atoms with Crippen LogP contribution in [0.2, 0.25) is 0 Å². The van der Waals surface area contributed by atoms with Gasteiger partial charge in [0.15, 0.2) is 0 Å². The van der Waals surface area contributed by atoms with Crippen LogP contribution in [-0.2, 0) is 10.0 Å². The zero-order chi connectivity index (χ0) is 20.3. The van der Waals surface area contributed by atoms with E-state index in [4.69, 9.17) is 0 Å². The Kier molecular flexibility index (Phi) is 5.97. The highest BCUT2D eigenvalue weighted by Crippen LogP contribution is 2.29. The lowest BCUT2D eigenvalue weighted by Gasteiger charge is -2.14. The van der Waals surface area contributed by atoms with E-state index in [1.165, 1.54) is 18.7 Å². The molecule has 1 aromatic heterocycles. The van der Waals surface area contributed by atoms with E-state index in [1.807, 2.05) is 32.0 Å². The Morgan fingerprint density at radius 3 is 2.46 bits per heavy atom. The van der Waals surface area contributed by atoms with Crippen molar-refractivity contribution in [3.63, 3.8) is 0 Å². The number of para-hydroxylation sites is 1. The van der Waals surface area contributed by atoms with Gasteiger partial charge >= 0.3 is 0 Å². The fourth-order valence-electron chi connectivity index (χ4n) is 2.51. The molecule has 3 rings (SSSR count). The molecule has 0 aliphatic heterocycles. The van der Waals surface area contributed by atoms with Crippen LogP contribution < -0.4 is 15.4 Å². The summed E-state index contributed by atoms with van der Waals surface area (Å²) in [5, 5.41) is 6.24. The highest BCUT2D eigenvalue weighted by Gasteiger charge is 2.17. The van der Waals surface area contributed by atoms with E-state index in [0.29, 0.717) is 21.9 Å². The molecule has 1 heterocycles. The number of hydrogen-bond donors (Lipinski definition) is 3. The van der Waals surface area contributed by atoms with E-state index in [-0.39, 0.29) is 4.90 Å². The first-order valence-electron chi connectivity index (χ1n) is 8.46. The minimum atomic E-state index is -3.62. The topological polar surface area (TPSA) is 96.0 Å². The molecule has 0 amide bonds. The molecule has 7 nitrogen and oxygen atoms in total. The number of nitrogens with one attached hydrogen (secondary N) is 3. The number of sulfonamides is 1. The lowest BCUT2D eigenvalue weighted by atomic mass is 10.1. The molecule has 2 aromatic carbocycles. The third-order valence-corrected chi connectivity index (χ3v) is 6.26. The molecule has 9 heteroatoms. The van der Waals surface area contributed by atoms with Crippen LogP contribution in [-0.4, -0.2) is 25.4 Å². The molecule has 0 radical (unpaired) electrons. The second-order valence-corrected chi connectivity index (χ2v) is 8.85. The van der Waals surface area contributed by atoms with Gasteiger partial charge in [0, 0.05) is 11.9 Å². The van der Waals surface area contributed by atoms with Crippen molar-refractivity contribution in [1.29, 1.82) is 0 Å². The normalized spacial score (nSPS) is 11.3. The molecule has 3 N–H and O–H groups in total. The molecule has 0 unspecified atom stereocenters. The van der Waals surface area contributed by atoms with Crippen molar-refractivity contribution in [2.75, 3.05) is 17.7 Å². The molecule has 0 atom stereocenters. The van der Waals surface area contributed by atoms with Crippen LogP contribution in [0.25, 0.3) is 0 Å². The number of aryl methyl sites for hydroxylation is 2. The van der Waals surface area contributed by atoms with Crippen LogP contribution in [0.4, 0.5) is 23.1 Å². The smallest absolute Gasteiger partial charge is 0.242 e. The molecular weight excluding hydrogens is 442 g/mol. The largest absolute Gasteiger partial charge is 0.338 e. The van der Waals surface area contributed by atoms with E-state index in [2.05, 4.69) is 41.3 Å². The fraction of sp³-hybridized carbons (Fsp3) is 0.158. The van der Waals surface area contributed by atoms with Crippen molar-refractivity contribution in [3.8, 4) is 0 Å². The second-order valence-electron chi connectivity index (χ2n) is 6.14. The molecule has 0 fully saturated rings. The molecule has 0 bridgehead atoms. The standard InChI is InChI=1S/C19H20BrN5O2S/c1-12-8-9-14(10-13(12)2)23-19-22-11-15(20)18(25-19)24-16-6-4-5-7-17(16)28(26,27)21-3/h4-11,21H,1-3H3,(H2,22,23,24,25). The highest BCUT2D eigenvalue weighted by molar-refractivity contribution is 9.10. The van der Waals surface area contributed by atoms with Crippen molar-refractivity contribution in [1.82, 2.24) is 14.7 Å². The van der Waals surface area contributed by atoms with Gasteiger partial charge in [-0.1, -0.05) is 18.2 Å². The number of rotatable bonds is 6. The van der Waals surface area contributed by atoms with Gasteiger partial charge in [0.25, 0.3) is 0 Å². The average Bonchev–Trinajstić information content (AvgIpc) is 2.68. The Balaban J connectivity index is 1.92. The van der Waals surface area contributed by atoms with Crippen molar-refractivity contribution in [3.05, 3.63) is 64.3 Å². The van der Waals surface area contributed by atoms with Gasteiger partial charge in [-0.15, -0.1) is 0 Å². The number of benzene rings is 2. The zero-order valence-electron chi connectivity index (χ0n) is 15.6. The quantitative estimate of drug-likeness (QED) is 0.507. The number of anilines is 4. The van der Waals surface area contributed by atoms with Crippen molar-refractivity contribution >= 4 is 49.1 Å². The summed E-state index contributed by atoms with van der Waals surface area (Å²) in [4.78, 5) is 8.88. The minimum Gasteiger partial charge on any atom is -0.338 e. The third kappa shape index (κ3) is 4.49. The van der Waals surface area contributed by atoms with E-state index in [9.17, 15) is 8.42 Å². The second kappa shape index (κ2) is 8.26. The van der Waals surface area contributed by atoms with Gasteiger partial charge in [0.1, 0.15) is 10.7 Å². The zero-order valence-corrected chi connectivity index (χ0v) is 18.0. The Hall–Kier alpha value is -2.49. The molecule has 0 spiro atoms. The number of halogens is 1. The minimum absolute atomic E-state index is 0.131. The summed E-state index contributed by atoms with van der Waals surface area (Å²) in [7, 11) is -2.24. The van der Waals surface area contributed by atoms with Crippen LogP contribution in [0.3, 0.4) is 0 Å². The Morgan fingerprint density at radius 2 is 1.75 bits per heavy atom. The Bertz CT molecular complexity index is 1120. The van der Waals surface area contributed by atoms with E-state index in [0.717, 1.165) is 11.3 Å². The first-order valence-corrected chi connectivity index (χ1v) is 10.7. The summed E-state index contributed by atoms with van der Waals surface area (Å²) in [6.45, 7) is 4.09. The fourth-order valence-corrected chi connectivity index (χ4v) is 3.68. The number of hydrogen-bond acceptors (Lipinski definition) is 6. The van der Waals surface area contributed by atoms with E-state index < -0.39 is 10.0 Å². The summed E-state index contributed by atoms with van der Waals surface area (Å²) in [6.07, 6.45) is 1.61. The maximum absolute atomic E-state index is 12.3. The summed E-state index contributed by atoms with van der Waals surface area (Å²) in [6, 6.07) is 12.6. The molecule has 3 aromatic rings. The van der Waals surface area contributed by atoms with Gasteiger partial charge < -0.3 is 10.6 Å². The van der Waals surface area contributed by atoms with Crippen LogP contribution in [0, 0.1) is 13.8 Å². The maximum Gasteiger partial charge on any atom is 0.242 e. The molecule has 0 saturated carbocycles. The number of nitrogens with zero attached hydrogens (tertiary/aromatic N) is 2. The highest BCUT2D eigenvalue weighted by atomic mass is 79.9. The summed E-state index contributed by atoms with van der Waals surface area (Å²) in [5.74, 6) is 0.836. The summed E-state index contributed by atoms with van der Waals surface area (Å²) >= 11 is 3.41. The molecule has 28 heavy (non-hydrogen) atoms. The monoisotopic (exact) mass is 461 g/mol. The summed E-state index contributed by atoms with van der Waals surface area (Å²) in [5.41, 5.74) is 3.64. The van der Waals surface area contributed by atoms with Crippen LogP contribution >= 0.6 is 15.9 Å². The lowest BCUT2D eigenvalue weighted by molar-refractivity contribution is 0.588. The van der Waals surface area contributed by atoms with Gasteiger partial charge in [-0.3, -0.25) is 0 Å².